The van der Waals surface area contributed by atoms with E-state index in [0.29, 0.717) is 24.3 Å². The Balaban J connectivity index is 1.57. The van der Waals surface area contributed by atoms with Gasteiger partial charge in [0, 0.05) is 11.4 Å². The number of aryl methyl sites for hydroxylation is 2. The number of alkyl carbamates (subject to hydrolysis) is 1. The van der Waals surface area contributed by atoms with Crippen LogP contribution in [0.25, 0.3) is 0 Å². The van der Waals surface area contributed by atoms with Crippen molar-refractivity contribution in [3.05, 3.63) is 45.8 Å². The number of ether oxygens (including phenoxy) is 1. The van der Waals surface area contributed by atoms with Crippen LogP contribution in [0.1, 0.15) is 52.5 Å². The van der Waals surface area contributed by atoms with Crippen LogP contribution >= 0.6 is 11.3 Å². The molecule has 9 nitrogen and oxygen atoms in total. The van der Waals surface area contributed by atoms with E-state index in [1.165, 1.54) is 15.6 Å². The Morgan fingerprint density at radius 1 is 1.15 bits per heavy atom. The fourth-order valence-electron chi connectivity index (χ4n) is 4.39. The molecule has 1 saturated heterocycles. The largest absolute Gasteiger partial charge is 0.450 e. The Morgan fingerprint density at radius 3 is 2.59 bits per heavy atom. The van der Waals surface area contributed by atoms with Gasteiger partial charge in [-0.25, -0.2) is 13.2 Å². The van der Waals surface area contributed by atoms with E-state index in [1.54, 1.807) is 31.2 Å². The predicted molar refractivity (Wildman–Crippen MR) is 128 cm³/mol. The standard InChI is InChI=1S/C23H27N3O6S2/c1-3-32-23(29)25-21(28)19-16-6-4-8-18(16)33-22(19)24-20(27)17-7-5-13-26(17)34(30,31)15-11-9-14(2)10-12-15/h9-12,17H,3-8,13H2,1-2H3,(H,24,27)(H,25,28,29). The third kappa shape index (κ3) is 4.73. The molecule has 34 heavy (non-hydrogen) atoms. The zero-order valence-electron chi connectivity index (χ0n) is 19.0. The Kier molecular flexibility index (Phi) is 7.06. The lowest BCUT2D eigenvalue weighted by atomic mass is 10.1. The highest BCUT2D eigenvalue weighted by Gasteiger charge is 2.40. The molecule has 0 radical (unpaired) electrons. The van der Waals surface area contributed by atoms with Crippen molar-refractivity contribution in [3.63, 3.8) is 0 Å². The Labute approximate surface area is 202 Å². The molecule has 2 N–H and O–H groups in total. The van der Waals surface area contributed by atoms with Crippen LogP contribution in [-0.4, -0.2) is 49.8 Å². The molecule has 1 aromatic heterocycles. The maximum absolute atomic E-state index is 13.2. The number of imide groups is 1. The summed E-state index contributed by atoms with van der Waals surface area (Å²) in [6.45, 7) is 3.87. The number of carbonyl (C=O) groups is 3. The molecular formula is C23H27N3O6S2. The summed E-state index contributed by atoms with van der Waals surface area (Å²) in [7, 11) is -3.85. The molecule has 4 rings (SSSR count). The van der Waals surface area contributed by atoms with Gasteiger partial charge in [0.05, 0.1) is 17.1 Å². The number of sulfonamides is 1. The lowest BCUT2D eigenvalue weighted by molar-refractivity contribution is -0.119. The topological polar surface area (TPSA) is 122 Å². The molecule has 1 atom stereocenters. The van der Waals surface area contributed by atoms with Crippen molar-refractivity contribution in [1.29, 1.82) is 0 Å². The molecule has 3 amide bonds. The van der Waals surface area contributed by atoms with E-state index in [9.17, 15) is 22.8 Å². The van der Waals surface area contributed by atoms with Gasteiger partial charge in [0.25, 0.3) is 5.91 Å². The summed E-state index contributed by atoms with van der Waals surface area (Å²) >= 11 is 1.30. The van der Waals surface area contributed by atoms with Gasteiger partial charge in [-0.05, 0) is 63.6 Å². The number of benzene rings is 1. The predicted octanol–water partition coefficient (Wildman–Crippen LogP) is 3.22. The van der Waals surface area contributed by atoms with Gasteiger partial charge in [-0.15, -0.1) is 11.3 Å². The summed E-state index contributed by atoms with van der Waals surface area (Å²) < 4.78 is 32.5. The first-order valence-electron chi connectivity index (χ1n) is 11.2. The second kappa shape index (κ2) is 9.85. The summed E-state index contributed by atoms with van der Waals surface area (Å²) in [5, 5.41) is 5.33. The number of carbonyl (C=O) groups excluding carboxylic acids is 3. The number of fused-ring (bicyclic) bond motifs is 1. The summed E-state index contributed by atoms with van der Waals surface area (Å²) in [5.74, 6) is -1.12. The summed E-state index contributed by atoms with van der Waals surface area (Å²) in [6, 6.07) is 5.64. The van der Waals surface area contributed by atoms with E-state index < -0.39 is 34.0 Å². The first-order chi connectivity index (χ1) is 16.2. The maximum atomic E-state index is 13.2. The number of nitrogens with zero attached hydrogens (tertiary/aromatic N) is 1. The average molecular weight is 506 g/mol. The average Bonchev–Trinajstić information content (AvgIpc) is 3.50. The summed E-state index contributed by atoms with van der Waals surface area (Å²) in [4.78, 5) is 39.0. The molecule has 2 heterocycles. The van der Waals surface area contributed by atoms with Gasteiger partial charge in [0.15, 0.2) is 0 Å². The van der Waals surface area contributed by atoms with Gasteiger partial charge in [-0.3, -0.25) is 14.9 Å². The fourth-order valence-corrected chi connectivity index (χ4v) is 7.33. The zero-order valence-corrected chi connectivity index (χ0v) is 20.7. The van der Waals surface area contributed by atoms with Gasteiger partial charge in [0.1, 0.15) is 11.0 Å². The van der Waals surface area contributed by atoms with Crippen molar-refractivity contribution >= 4 is 44.3 Å². The lowest BCUT2D eigenvalue weighted by Gasteiger charge is -2.23. The highest BCUT2D eigenvalue weighted by Crippen LogP contribution is 2.39. The number of nitrogens with one attached hydrogen (secondary N) is 2. The molecule has 1 unspecified atom stereocenters. The number of anilines is 1. The van der Waals surface area contributed by atoms with E-state index in [-0.39, 0.29) is 23.6 Å². The maximum Gasteiger partial charge on any atom is 0.414 e. The first-order valence-corrected chi connectivity index (χ1v) is 13.5. The van der Waals surface area contributed by atoms with Crippen LogP contribution in [0.4, 0.5) is 9.80 Å². The molecule has 0 spiro atoms. The van der Waals surface area contributed by atoms with Crippen molar-refractivity contribution < 1.29 is 27.5 Å². The minimum atomic E-state index is -3.85. The van der Waals surface area contributed by atoms with Gasteiger partial charge in [-0.2, -0.15) is 4.31 Å². The van der Waals surface area contributed by atoms with E-state index in [4.69, 9.17) is 4.74 Å². The molecule has 1 aliphatic carbocycles. The van der Waals surface area contributed by atoms with Crippen LogP contribution in [0.3, 0.4) is 0 Å². The molecule has 1 aliphatic heterocycles. The lowest BCUT2D eigenvalue weighted by Crippen LogP contribution is -2.43. The minimum absolute atomic E-state index is 0.122. The van der Waals surface area contributed by atoms with Crippen LogP contribution < -0.4 is 10.6 Å². The molecular weight excluding hydrogens is 478 g/mol. The molecule has 182 valence electrons. The van der Waals surface area contributed by atoms with Crippen molar-refractivity contribution in [2.24, 2.45) is 0 Å². The Bertz CT molecular complexity index is 1220. The van der Waals surface area contributed by atoms with Crippen molar-refractivity contribution in [3.8, 4) is 0 Å². The monoisotopic (exact) mass is 505 g/mol. The SMILES string of the molecule is CCOC(=O)NC(=O)c1c(NC(=O)C2CCCN2S(=O)(=O)c2ccc(C)cc2)sc2c1CCC2. The molecule has 2 aromatic rings. The van der Waals surface area contributed by atoms with Crippen molar-refractivity contribution in [2.75, 3.05) is 18.5 Å². The highest BCUT2D eigenvalue weighted by atomic mass is 32.2. The van der Waals surface area contributed by atoms with Crippen LogP contribution in [-0.2, 0) is 32.4 Å². The second-order valence-electron chi connectivity index (χ2n) is 8.31. The van der Waals surface area contributed by atoms with Crippen LogP contribution in [0.15, 0.2) is 29.2 Å². The summed E-state index contributed by atoms with van der Waals surface area (Å²) in [6.07, 6.45) is 2.43. The highest BCUT2D eigenvalue weighted by molar-refractivity contribution is 7.89. The zero-order chi connectivity index (χ0) is 24.5. The number of amides is 3. The third-order valence-corrected chi connectivity index (χ3v) is 9.14. The smallest absolute Gasteiger partial charge is 0.414 e. The summed E-state index contributed by atoms with van der Waals surface area (Å²) in [5.41, 5.74) is 2.01. The van der Waals surface area contributed by atoms with Crippen LogP contribution in [0, 0.1) is 6.92 Å². The molecule has 0 saturated carbocycles. The number of thiophene rings is 1. The Morgan fingerprint density at radius 2 is 1.88 bits per heavy atom. The van der Waals surface area contributed by atoms with E-state index >= 15 is 0 Å². The third-order valence-electron chi connectivity index (χ3n) is 6.01. The minimum Gasteiger partial charge on any atom is -0.450 e. The van der Waals surface area contributed by atoms with Gasteiger partial charge >= 0.3 is 6.09 Å². The number of hydrogen-bond acceptors (Lipinski definition) is 7. The van der Waals surface area contributed by atoms with Crippen molar-refractivity contribution in [1.82, 2.24) is 9.62 Å². The molecule has 1 fully saturated rings. The van der Waals surface area contributed by atoms with Gasteiger partial charge in [0.2, 0.25) is 15.9 Å². The Hall–Kier alpha value is -2.76. The molecule has 11 heteroatoms. The molecule has 0 bridgehead atoms. The van der Waals surface area contributed by atoms with Crippen LogP contribution in [0.2, 0.25) is 0 Å². The number of rotatable bonds is 6. The van der Waals surface area contributed by atoms with E-state index in [1.807, 2.05) is 6.92 Å². The van der Waals surface area contributed by atoms with E-state index in [0.717, 1.165) is 28.8 Å². The second-order valence-corrected chi connectivity index (χ2v) is 11.3. The number of hydrogen-bond donors (Lipinski definition) is 2. The molecule has 1 aromatic carbocycles. The quantitative estimate of drug-likeness (QED) is 0.622. The van der Waals surface area contributed by atoms with Crippen LogP contribution in [0.5, 0.6) is 0 Å². The fraction of sp³-hybridized carbons (Fsp3) is 0.435. The molecule has 2 aliphatic rings. The van der Waals surface area contributed by atoms with E-state index in [2.05, 4.69) is 10.6 Å². The van der Waals surface area contributed by atoms with Gasteiger partial charge < -0.3 is 10.1 Å². The normalized spacial score (nSPS) is 17.9. The van der Waals surface area contributed by atoms with Crippen molar-refractivity contribution in [2.45, 2.75) is 56.9 Å². The van der Waals surface area contributed by atoms with Gasteiger partial charge in [-0.1, -0.05) is 17.7 Å². The first kappa shape index (κ1) is 24.4.